The molecule has 0 spiro atoms. The molecule has 1 atom stereocenters. The fourth-order valence-electron chi connectivity index (χ4n) is 6.19. The van der Waals surface area contributed by atoms with Crippen molar-refractivity contribution in [1.82, 2.24) is 0 Å². The van der Waals surface area contributed by atoms with E-state index in [1.165, 1.54) is 55.2 Å². The molecule has 0 aliphatic heterocycles. The molecule has 1 heteroatoms. The van der Waals surface area contributed by atoms with Gasteiger partial charge in [0.1, 0.15) is 5.82 Å². The molecule has 4 aromatic carbocycles. The van der Waals surface area contributed by atoms with E-state index in [9.17, 15) is 0 Å². The lowest BCUT2D eigenvalue weighted by Gasteiger charge is -2.28. The highest BCUT2D eigenvalue weighted by molar-refractivity contribution is 5.72. The van der Waals surface area contributed by atoms with E-state index in [0.29, 0.717) is 17.4 Å². The maximum Gasteiger partial charge on any atom is 0.131 e. The van der Waals surface area contributed by atoms with Gasteiger partial charge in [-0.15, -0.1) is 0 Å². The second kappa shape index (κ2) is 13.1. The quantitative estimate of drug-likeness (QED) is 0.194. The molecule has 0 aromatic heterocycles. The minimum Gasteiger partial charge on any atom is -0.206 e. The zero-order valence-corrected chi connectivity index (χ0v) is 23.5. The van der Waals surface area contributed by atoms with E-state index in [-0.39, 0.29) is 5.82 Å². The van der Waals surface area contributed by atoms with Crippen molar-refractivity contribution in [2.75, 3.05) is 0 Å². The average Bonchev–Trinajstić information content (AvgIpc) is 2.98. The van der Waals surface area contributed by atoms with E-state index in [1.54, 1.807) is 6.07 Å². The van der Waals surface area contributed by atoms with E-state index >= 15 is 4.39 Å². The maximum absolute atomic E-state index is 15.0. The first-order valence-corrected chi connectivity index (χ1v) is 14.8. The van der Waals surface area contributed by atoms with Gasteiger partial charge in [-0.3, -0.25) is 0 Å². The summed E-state index contributed by atoms with van der Waals surface area (Å²) in [5.41, 5.74) is 7.79. The van der Waals surface area contributed by atoms with Gasteiger partial charge in [0.15, 0.2) is 0 Å². The Bertz CT molecular complexity index is 1340. The fourth-order valence-corrected chi connectivity index (χ4v) is 6.19. The molecule has 1 aliphatic carbocycles. The Kier molecular flexibility index (Phi) is 9.09. The average molecular weight is 517 g/mol. The third-order valence-electron chi connectivity index (χ3n) is 8.61. The largest absolute Gasteiger partial charge is 0.206 e. The molecule has 39 heavy (non-hydrogen) atoms. The van der Waals surface area contributed by atoms with Gasteiger partial charge < -0.3 is 0 Å². The molecule has 0 amide bonds. The first-order valence-electron chi connectivity index (χ1n) is 14.8. The van der Waals surface area contributed by atoms with Gasteiger partial charge in [-0.05, 0) is 89.3 Å². The predicted molar refractivity (Wildman–Crippen MR) is 165 cm³/mol. The molecular formula is C38H41F. The van der Waals surface area contributed by atoms with Crippen LogP contribution in [0.15, 0.2) is 97.1 Å². The molecule has 0 saturated heterocycles. The minimum absolute atomic E-state index is 0.189. The van der Waals surface area contributed by atoms with Crippen molar-refractivity contribution in [3.63, 3.8) is 0 Å². The van der Waals surface area contributed by atoms with Crippen molar-refractivity contribution in [2.45, 2.75) is 70.6 Å². The topological polar surface area (TPSA) is 0 Å². The van der Waals surface area contributed by atoms with Gasteiger partial charge in [-0.1, -0.05) is 130 Å². The van der Waals surface area contributed by atoms with Crippen LogP contribution in [0.4, 0.5) is 4.39 Å². The highest BCUT2D eigenvalue weighted by Gasteiger charge is 2.21. The lowest BCUT2D eigenvalue weighted by atomic mass is 9.77. The standard InChI is InChI=1S/C38H41F/c1-3-7-29-10-17-33(18-11-29)34-19-12-30(13-20-34)14-23-36-24-25-37(27-38(36)39)35-21-15-31(16-22-35)26-28(2)32-8-5-4-6-9-32/h4-6,8-9,12-16,19-25,27-29,33H,3,7,10-11,17-18,26H2,1-2H3/t28-,29?,33?/m1/s1. The van der Waals surface area contributed by atoms with Crippen LogP contribution in [-0.2, 0) is 6.42 Å². The van der Waals surface area contributed by atoms with Crippen molar-refractivity contribution in [1.29, 1.82) is 0 Å². The molecule has 1 fully saturated rings. The molecule has 0 bridgehead atoms. The van der Waals surface area contributed by atoms with Crippen LogP contribution >= 0.6 is 0 Å². The van der Waals surface area contributed by atoms with Crippen molar-refractivity contribution >= 4 is 12.2 Å². The third-order valence-corrected chi connectivity index (χ3v) is 8.61. The minimum atomic E-state index is -0.189. The lowest BCUT2D eigenvalue weighted by molar-refractivity contribution is 0.308. The van der Waals surface area contributed by atoms with E-state index < -0.39 is 0 Å². The molecule has 0 unspecified atom stereocenters. The second-order valence-electron chi connectivity index (χ2n) is 11.5. The van der Waals surface area contributed by atoms with E-state index in [0.717, 1.165) is 29.0 Å². The summed E-state index contributed by atoms with van der Waals surface area (Å²) >= 11 is 0. The first-order chi connectivity index (χ1) is 19.1. The van der Waals surface area contributed by atoms with Crippen LogP contribution in [0.2, 0.25) is 0 Å². The van der Waals surface area contributed by atoms with Gasteiger partial charge in [0.05, 0.1) is 0 Å². The fraction of sp³-hybridized carbons (Fsp3) is 0.316. The van der Waals surface area contributed by atoms with Gasteiger partial charge in [0, 0.05) is 5.56 Å². The van der Waals surface area contributed by atoms with Gasteiger partial charge in [-0.2, -0.15) is 0 Å². The summed E-state index contributed by atoms with van der Waals surface area (Å²) in [5, 5.41) is 0. The Labute approximate surface area is 234 Å². The van der Waals surface area contributed by atoms with E-state index in [2.05, 4.69) is 92.7 Å². The lowest BCUT2D eigenvalue weighted by Crippen LogP contribution is -2.13. The van der Waals surface area contributed by atoms with Gasteiger partial charge >= 0.3 is 0 Å². The van der Waals surface area contributed by atoms with Crippen LogP contribution in [0.3, 0.4) is 0 Å². The summed E-state index contributed by atoms with van der Waals surface area (Å²) in [7, 11) is 0. The van der Waals surface area contributed by atoms with Crippen LogP contribution in [0.25, 0.3) is 23.3 Å². The van der Waals surface area contributed by atoms with Gasteiger partial charge in [0.2, 0.25) is 0 Å². The Hall–Kier alpha value is -3.45. The van der Waals surface area contributed by atoms with E-state index in [1.807, 2.05) is 24.3 Å². The van der Waals surface area contributed by atoms with Crippen LogP contribution < -0.4 is 0 Å². The number of halogens is 1. The van der Waals surface area contributed by atoms with Gasteiger partial charge in [-0.25, -0.2) is 4.39 Å². The Morgan fingerprint density at radius 2 is 1.46 bits per heavy atom. The SMILES string of the molecule is CCCC1CCC(c2ccc(C=Cc3ccc(-c4ccc(C[C@@H](C)c5ccccc5)cc4)cc3F)cc2)CC1. The molecule has 5 rings (SSSR count). The summed E-state index contributed by atoms with van der Waals surface area (Å²) in [6, 6.07) is 33.6. The molecule has 0 N–H and O–H groups in total. The summed E-state index contributed by atoms with van der Waals surface area (Å²) < 4.78 is 15.0. The summed E-state index contributed by atoms with van der Waals surface area (Å²) in [4.78, 5) is 0. The first kappa shape index (κ1) is 27.1. The molecular weight excluding hydrogens is 475 g/mol. The number of hydrogen-bond acceptors (Lipinski definition) is 0. The zero-order chi connectivity index (χ0) is 27.0. The highest BCUT2D eigenvalue weighted by atomic mass is 19.1. The summed E-state index contributed by atoms with van der Waals surface area (Å²) in [6.45, 7) is 4.56. The van der Waals surface area contributed by atoms with Crippen LogP contribution in [0.1, 0.15) is 92.0 Å². The van der Waals surface area contributed by atoms with Gasteiger partial charge in [0.25, 0.3) is 0 Å². The third kappa shape index (κ3) is 7.15. The Morgan fingerprint density at radius 3 is 2.13 bits per heavy atom. The summed E-state index contributed by atoms with van der Waals surface area (Å²) in [6.07, 6.45) is 12.9. The zero-order valence-electron chi connectivity index (χ0n) is 23.5. The molecule has 200 valence electrons. The molecule has 4 aromatic rings. The molecule has 1 aliphatic rings. The van der Waals surface area contributed by atoms with Crippen molar-refractivity contribution in [3.05, 3.63) is 131 Å². The summed E-state index contributed by atoms with van der Waals surface area (Å²) in [5.74, 6) is 1.90. The van der Waals surface area contributed by atoms with Crippen LogP contribution in [0, 0.1) is 11.7 Å². The second-order valence-corrected chi connectivity index (χ2v) is 11.5. The molecule has 0 nitrogen and oxygen atoms in total. The Morgan fingerprint density at radius 1 is 0.769 bits per heavy atom. The molecule has 0 heterocycles. The predicted octanol–water partition coefficient (Wildman–Crippen LogP) is 11.1. The van der Waals surface area contributed by atoms with Crippen molar-refractivity contribution in [2.24, 2.45) is 5.92 Å². The number of rotatable bonds is 9. The molecule has 0 radical (unpaired) electrons. The maximum atomic E-state index is 15.0. The van der Waals surface area contributed by atoms with E-state index in [4.69, 9.17) is 0 Å². The van der Waals surface area contributed by atoms with Crippen LogP contribution in [-0.4, -0.2) is 0 Å². The smallest absolute Gasteiger partial charge is 0.131 e. The monoisotopic (exact) mass is 516 g/mol. The van der Waals surface area contributed by atoms with Crippen molar-refractivity contribution in [3.8, 4) is 11.1 Å². The highest BCUT2D eigenvalue weighted by Crippen LogP contribution is 2.37. The Balaban J connectivity index is 1.19. The normalized spacial score (nSPS) is 18.3. The van der Waals surface area contributed by atoms with Crippen molar-refractivity contribution < 1.29 is 4.39 Å². The number of benzene rings is 4. The number of hydrogen-bond donors (Lipinski definition) is 0. The van der Waals surface area contributed by atoms with Crippen LogP contribution in [0.5, 0.6) is 0 Å². The molecule has 1 saturated carbocycles.